The van der Waals surface area contributed by atoms with E-state index in [0.29, 0.717) is 12.1 Å². The van der Waals surface area contributed by atoms with E-state index in [1.165, 1.54) is 11.4 Å². The Bertz CT molecular complexity index is 354. The Hall–Kier alpha value is -1.03. The molecule has 0 atom stereocenters. The molecule has 1 aromatic heterocycles. The van der Waals surface area contributed by atoms with Crippen LogP contribution in [0, 0.1) is 0 Å². The number of aryl methyl sites for hydroxylation is 1. The van der Waals surface area contributed by atoms with Crippen molar-refractivity contribution in [1.29, 1.82) is 0 Å². The molecule has 1 aromatic rings. The number of ether oxygens (including phenoxy) is 1. The van der Waals surface area contributed by atoms with Crippen molar-refractivity contribution >= 4 is 5.69 Å². The first-order chi connectivity index (χ1) is 8.20. The van der Waals surface area contributed by atoms with Crippen LogP contribution in [0.3, 0.4) is 0 Å². The van der Waals surface area contributed by atoms with E-state index in [4.69, 9.17) is 4.74 Å². The SMILES string of the molecule is CCc1nn(C(C)C)cc1NC1CCOCC1. The molecule has 2 heterocycles. The molecule has 96 valence electrons. The second kappa shape index (κ2) is 5.54. The third-order valence-electron chi connectivity index (χ3n) is 3.25. The fourth-order valence-electron chi connectivity index (χ4n) is 2.14. The minimum absolute atomic E-state index is 0.422. The first-order valence-corrected chi connectivity index (χ1v) is 6.63. The summed E-state index contributed by atoms with van der Waals surface area (Å²) in [4.78, 5) is 0. The molecule has 0 bridgehead atoms. The van der Waals surface area contributed by atoms with Crippen LogP contribution in [-0.4, -0.2) is 29.0 Å². The normalized spacial score (nSPS) is 17.6. The van der Waals surface area contributed by atoms with Crippen molar-refractivity contribution in [1.82, 2.24) is 9.78 Å². The average Bonchev–Trinajstić information content (AvgIpc) is 2.74. The van der Waals surface area contributed by atoms with Gasteiger partial charge in [0.25, 0.3) is 0 Å². The number of rotatable bonds is 4. The molecule has 0 spiro atoms. The molecule has 1 saturated heterocycles. The van der Waals surface area contributed by atoms with Crippen molar-refractivity contribution in [3.8, 4) is 0 Å². The lowest BCUT2D eigenvalue weighted by molar-refractivity contribution is 0.0904. The molecule has 0 saturated carbocycles. The predicted octanol–water partition coefficient (Wildman–Crippen LogP) is 2.62. The third-order valence-corrected chi connectivity index (χ3v) is 3.25. The van der Waals surface area contributed by atoms with Crippen LogP contribution in [0.5, 0.6) is 0 Å². The minimum Gasteiger partial charge on any atom is -0.381 e. The maximum Gasteiger partial charge on any atom is 0.0853 e. The van der Waals surface area contributed by atoms with Gasteiger partial charge in [0.1, 0.15) is 0 Å². The maximum absolute atomic E-state index is 5.38. The van der Waals surface area contributed by atoms with Gasteiger partial charge in [0.05, 0.1) is 11.4 Å². The van der Waals surface area contributed by atoms with E-state index < -0.39 is 0 Å². The molecule has 0 amide bonds. The zero-order valence-corrected chi connectivity index (χ0v) is 11.1. The summed E-state index contributed by atoms with van der Waals surface area (Å²) < 4.78 is 7.42. The Kier molecular flexibility index (Phi) is 4.05. The van der Waals surface area contributed by atoms with Crippen molar-refractivity contribution in [3.63, 3.8) is 0 Å². The maximum atomic E-state index is 5.38. The first kappa shape index (κ1) is 12.4. The summed E-state index contributed by atoms with van der Waals surface area (Å²) in [5.41, 5.74) is 2.37. The van der Waals surface area contributed by atoms with E-state index in [0.717, 1.165) is 32.5 Å². The molecule has 4 heteroatoms. The highest BCUT2D eigenvalue weighted by atomic mass is 16.5. The van der Waals surface area contributed by atoms with Crippen LogP contribution in [-0.2, 0) is 11.2 Å². The molecule has 2 rings (SSSR count). The molecule has 1 aliphatic rings. The Balaban J connectivity index is 2.07. The lowest BCUT2D eigenvalue weighted by atomic mass is 10.1. The van der Waals surface area contributed by atoms with E-state index >= 15 is 0 Å². The monoisotopic (exact) mass is 237 g/mol. The third kappa shape index (κ3) is 3.00. The molecule has 4 nitrogen and oxygen atoms in total. The van der Waals surface area contributed by atoms with Crippen LogP contribution in [0.2, 0.25) is 0 Å². The van der Waals surface area contributed by atoms with E-state index in [2.05, 4.69) is 37.4 Å². The number of nitrogens with zero attached hydrogens (tertiary/aromatic N) is 2. The molecular weight excluding hydrogens is 214 g/mol. The quantitative estimate of drug-likeness (QED) is 0.875. The van der Waals surface area contributed by atoms with Crippen LogP contribution in [0.15, 0.2) is 6.20 Å². The van der Waals surface area contributed by atoms with Gasteiger partial charge >= 0.3 is 0 Å². The largest absolute Gasteiger partial charge is 0.381 e. The fraction of sp³-hybridized carbons (Fsp3) is 0.769. The Morgan fingerprint density at radius 1 is 1.47 bits per heavy atom. The van der Waals surface area contributed by atoms with Gasteiger partial charge in [-0.2, -0.15) is 5.10 Å². The first-order valence-electron chi connectivity index (χ1n) is 6.63. The lowest BCUT2D eigenvalue weighted by Gasteiger charge is -2.23. The molecule has 1 N–H and O–H groups in total. The van der Waals surface area contributed by atoms with Crippen LogP contribution in [0.4, 0.5) is 5.69 Å². The van der Waals surface area contributed by atoms with Crippen LogP contribution in [0.25, 0.3) is 0 Å². The second-order valence-corrected chi connectivity index (χ2v) is 4.95. The van der Waals surface area contributed by atoms with Gasteiger partial charge < -0.3 is 10.1 Å². The summed E-state index contributed by atoms with van der Waals surface area (Å²) in [5.74, 6) is 0. The van der Waals surface area contributed by atoms with Gasteiger partial charge in [-0.15, -0.1) is 0 Å². The molecular formula is C13H23N3O. The Morgan fingerprint density at radius 2 is 2.18 bits per heavy atom. The van der Waals surface area contributed by atoms with Gasteiger partial charge in [-0.25, -0.2) is 0 Å². The van der Waals surface area contributed by atoms with E-state index in [1.54, 1.807) is 0 Å². The highest BCUT2D eigenvalue weighted by Crippen LogP contribution is 2.21. The van der Waals surface area contributed by atoms with Crippen molar-refractivity contribution in [3.05, 3.63) is 11.9 Å². The van der Waals surface area contributed by atoms with Crippen molar-refractivity contribution in [2.45, 2.75) is 52.1 Å². The number of aromatic nitrogens is 2. The number of hydrogen-bond donors (Lipinski definition) is 1. The minimum atomic E-state index is 0.422. The van der Waals surface area contributed by atoms with Gasteiger partial charge in [-0.3, -0.25) is 4.68 Å². The zero-order valence-electron chi connectivity index (χ0n) is 11.1. The molecule has 0 aliphatic carbocycles. The Labute approximate surface area is 103 Å². The topological polar surface area (TPSA) is 39.1 Å². The fourth-order valence-corrected chi connectivity index (χ4v) is 2.14. The van der Waals surface area contributed by atoms with E-state index in [9.17, 15) is 0 Å². The predicted molar refractivity (Wildman–Crippen MR) is 69.5 cm³/mol. The summed E-state index contributed by atoms with van der Waals surface area (Å²) >= 11 is 0. The summed E-state index contributed by atoms with van der Waals surface area (Å²) in [6, 6.07) is 0.962. The average molecular weight is 237 g/mol. The second-order valence-electron chi connectivity index (χ2n) is 4.95. The molecule has 0 unspecified atom stereocenters. The highest BCUT2D eigenvalue weighted by Gasteiger charge is 2.16. The number of nitrogens with one attached hydrogen (secondary N) is 1. The molecule has 1 aliphatic heterocycles. The van der Waals surface area contributed by atoms with Crippen LogP contribution < -0.4 is 5.32 Å². The summed E-state index contributed by atoms with van der Waals surface area (Å²) in [6.45, 7) is 8.21. The van der Waals surface area contributed by atoms with E-state index in [1.807, 2.05) is 4.68 Å². The van der Waals surface area contributed by atoms with E-state index in [-0.39, 0.29) is 0 Å². The molecule has 0 aromatic carbocycles. The van der Waals surface area contributed by atoms with Gasteiger partial charge in [0.2, 0.25) is 0 Å². The van der Waals surface area contributed by atoms with Crippen molar-refractivity contribution in [2.75, 3.05) is 18.5 Å². The van der Waals surface area contributed by atoms with Crippen molar-refractivity contribution < 1.29 is 4.74 Å². The lowest BCUT2D eigenvalue weighted by Crippen LogP contribution is -2.28. The summed E-state index contributed by atoms with van der Waals surface area (Å²) in [5, 5.41) is 8.23. The molecule has 0 radical (unpaired) electrons. The van der Waals surface area contributed by atoms with Crippen LogP contribution in [0.1, 0.15) is 45.3 Å². The van der Waals surface area contributed by atoms with Gasteiger partial charge in [0, 0.05) is 31.5 Å². The summed E-state index contributed by atoms with van der Waals surface area (Å²) in [7, 11) is 0. The summed E-state index contributed by atoms with van der Waals surface area (Å²) in [6.07, 6.45) is 5.30. The molecule has 1 fully saturated rings. The highest BCUT2D eigenvalue weighted by molar-refractivity contribution is 5.47. The number of anilines is 1. The van der Waals surface area contributed by atoms with Gasteiger partial charge in [-0.1, -0.05) is 6.92 Å². The van der Waals surface area contributed by atoms with Gasteiger partial charge in [0.15, 0.2) is 0 Å². The number of hydrogen-bond acceptors (Lipinski definition) is 3. The van der Waals surface area contributed by atoms with Gasteiger partial charge in [-0.05, 0) is 33.1 Å². The molecule has 17 heavy (non-hydrogen) atoms. The smallest absolute Gasteiger partial charge is 0.0853 e. The van der Waals surface area contributed by atoms with Crippen LogP contribution >= 0.6 is 0 Å². The van der Waals surface area contributed by atoms with Crippen molar-refractivity contribution in [2.24, 2.45) is 0 Å². The Morgan fingerprint density at radius 3 is 2.76 bits per heavy atom. The standard InChI is InChI=1S/C13H23N3O/c1-4-12-13(9-16(15-12)10(2)3)14-11-5-7-17-8-6-11/h9-11,14H,4-8H2,1-3H3. The zero-order chi connectivity index (χ0) is 12.3.